The van der Waals surface area contributed by atoms with Crippen LogP contribution in [0.4, 0.5) is 5.82 Å². The zero-order chi connectivity index (χ0) is 19.6. The predicted molar refractivity (Wildman–Crippen MR) is 106 cm³/mol. The first kappa shape index (κ1) is 19.2. The smallest absolute Gasteiger partial charge is 0.358 e. The van der Waals surface area contributed by atoms with Crippen LogP contribution in [0.2, 0.25) is 5.02 Å². The van der Waals surface area contributed by atoms with Crippen LogP contribution < -0.4 is 4.90 Å². The van der Waals surface area contributed by atoms with Crippen LogP contribution in [0.15, 0.2) is 24.3 Å². The number of carbonyl (C=O) groups excluding carboxylic acids is 1. The van der Waals surface area contributed by atoms with Gasteiger partial charge in [-0.2, -0.15) is 5.10 Å². The zero-order valence-corrected chi connectivity index (χ0v) is 16.8. The molecule has 3 aromatic heterocycles. The van der Waals surface area contributed by atoms with Gasteiger partial charge in [0.2, 0.25) is 0 Å². The molecule has 0 radical (unpaired) electrons. The van der Waals surface area contributed by atoms with E-state index in [0.717, 1.165) is 35.8 Å². The first-order valence-corrected chi connectivity index (χ1v) is 9.49. The molecule has 0 aromatic carbocycles. The van der Waals surface area contributed by atoms with E-state index in [9.17, 15) is 4.79 Å². The van der Waals surface area contributed by atoms with E-state index in [4.69, 9.17) is 21.4 Å². The number of carbonyl (C=O) groups is 1. The van der Waals surface area contributed by atoms with Crippen molar-refractivity contribution in [2.45, 2.75) is 34.2 Å². The van der Waals surface area contributed by atoms with Crippen LogP contribution in [0.25, 0.3) is 5.52 Å². The number of fused-ring (bicyclic) bond motifs is 1. The summed E-state index contributed by atoms with van der Waals surface area (Å²) in [6.07, 6.45) is 0. The second kappa shape index (κ2) is 8.00. The number of aryl methyl sites for hydroxylation is 1. The minimum atomic E-state index is -0.418. The number of esters is 1. The monoisotopic (exact) mass is 389 g/mol. The second-order valence-corrected chi connectivity index (χ2v) is 6.66. The molecule has 0 spiro atoms. The number of hydrogen-bond acceptors (Lipinski definition) is 5. The summed E-state index contributed by atoms with van der Waals surface area (Å²) in [6.45, 7) is 10.4. The van der Waals surface area contributed by atoms with E-state index in [1.54, 1.807) is 17.7 Å². The summed E-state index contributed by atoms with van der Waals surface area (Å²) in [7, 11) is 0. The van der Waals surface area contributed by atoms with Gasteiger partial charge in [0.05, 0.1) is 24.4 Å². The van der Waals surface area contributed by atoms with Crippen LogP contribution in [0.5, 0.6) is 0 Å². The first-order chi connectivity index (χ1) is 13.0. The standard InChI is InChI=1S/C19H24ClN5O2/c1-5-23(6-2)18-11-15-9-14(20)10-16(25(15)22-18)12-24-13(4)8-17(21-24)19(26)27-7-3/h8-11H,5-7,12H2,1-4H3. The van der Waals surface area contributed by atoms with Gasteiger partial charge in [-0.15, -0.1) is 5.10 Å². The molecule has 0 aliphatic rings. The summed E-state index contributed by atoms with van der Waals surface area (Å²) < 4.78 is 8.67. The first-order valence-electron chi connectivity index (χ1n) is 9.11. The molecule has 0 bridgehead atoms. The minimum absolute atomic E-state index is 0.303. The lowest BCUT2D eigenvalue weighted by Crippen LogP contribution is -2.22. The van der Waals surface area contributed by atoms with E-state index in [2.05, 4.69) is 23.8 Å². The molecular formula is C19H24ClN5O2. The molecule has 27 heavy (non-hydrogen) atoms. The van der Waals surface area contributed by atoms with Gasteiger partial charge in [0.1, 0.15) is 0 Å². The number of ether oxygens (including phenoxy) is 1. The Hall–Kier alpha value is -2.54. The summed E-state index contributed by atoms with van der Waals surface area (Å²) in [5.74, 6) is 0.492. The van der Waals surface area contributed by atoms with Crippen LogP contribution >= 0.6 is 11.6 Å². The Bertz CT molecular complexity index is 959. The maximum atomic E-state index is 11.9. The van der Waals surface area contributed by atoms with E-state index >= 15 is 0 Å². The largest absolute Gasteiger partial charge is 0.461 e. The third-order valence-electron chi connectivity index (χ3n) is 4.45. The van der Waals surface area contributed by atoms with Crippen molar-refractivity contribution in [1.29, 1.82) is 0 Å². The highest BCUT2D eigenvalue weighted by molar-refractivity contribution is 6.31. The number of halogens is 1. The Morgan fingerprint density at radius 1 is 1.15 bits per heavy atom. The van der Waals surface area contributed by atoms with Gasteiger partial charge in [0.25, 0.3) is 0 Å². The van der Waals surface area contributed by atoms with Crippen LogP contribution in [0, 0.1) is 6.92 Å². The highest BCUT2D eigenvalue weighted by atomic mass is 35.5. The fourth-order valence-corrected chi connectivity index (χ4v) is 3.30. The highest BCUT2D eigenvalue weighted by Gasteiger charge is 2.16. The van der Waals surface area contributed by atoms with Gasteiger partial charge >= 0.3 is 5.97 Å². The molecule has 3 heterocycles. The molecule has 3 aromatic rings. The topological polar surface area (TPSA) is 64.7 Å². The molecule has 0 saturated carbocycles. The molecule has 0 atom stereocenters. The lowest BCUT2D eigenvalue weighted by Gasteiger charge is -2.16. The predicted octanol–water partition coefficient (Wildman–Crippen LogP) is 3.56. The summed E-state index contributed by atoms with van der Waals surface area (Å²) in [4.78, 5) is 14.1. The van der Waals surface area contributed by atoms with E-state index in [1.807, 2.05) is 29.6 Å². The van der Waals surface area contributed by atoms with Gasteiger partial charge in [0.15, 0.2) is 11.5 Å². The van der Waals surface area contributed by atoms with Gasteiger partial charge in [-0.05, 0) is 45.9 Å². The molecule has 144 valence electrons. The lowest BCUT2D eigenvalue weighted by molar-refractivity contribution is 0.0518. The molecule has 0 aliphatic carbocycles. The Morgan fingerprint density at radius 3 is 2.56 bits per heavy atom. The van der Waals surface area contributed by atoms with Crippen molar-refractivity contribution in [2.75, 3.05) is 24.6 Å². The molecule has 0 saturated heterocycles. The number of hydrogen-bond donors (Lipinski definition) is 0. The second-order valence-electron chi connectivity index (χ2n) is 6.23. The van der Waals surface area contributed by atoms with Gasteiger partial charge in [-0.3, -0.25) is 4.68 Å². The minimum Gasteiger partial charge on any atom is -0.461 e. The Morgan fingerprint density at radius 2 is 1.89 bits per heavy atom. The van der Waals surface area contributed by atoms with Crippen LogP contribution in [-0.2, 0) is 11.3 Å². The van der Waals surface area contributed by atoms with Crippen LogP contribution in [-0.4, -0.2) is 45.1 Å². The maximum absolute atomic E-state index is 11.9. The molecule has 0 unspecified atom stereocenters. The van der Waals surface area contributed by atoms with Crippen molar-refractivity contribution in [3.05, 3.63) is 46.4 Å². The SMILES string of the molecule is CCOC(=O)c1cc(C)n(Cc2cc(Cl)cc3cc(N(CC)CC)nn23)n1. The van der Waals surface area contributed by atoms with E-state index < -0.39 is 5.97 Å². The van der Waals surface area contributed by atoms with Crippen molar-refractivity contribution < 1.29 is 9.53 Å². The number of rotatable bonds is 7. The average molecular weight is 390 g/mol. The Kier molecular flexibility index (Phi) is 5.70. The molecule has 0 fully saturated rings. The molecule has 0 N–H and O–H groups in total. The molecular weight excluding hydrogens is 366 g/mol. The third kappa shape index (κ3) is 3.93. The fraction of sp³-hybridized carbons (Fsp3) is 0.421. The molecule has 3 rings (SSSR count). The van der Waals surface area contributed by atoms with Crippen molar-refractivity contribution in [3.8, 4) is 0 Å². The van der Waals surface area contributed by atoms with Crippen LogP contribution in [0.3, 0.4) is 0 Å². The van der Waals surface area contributed by atoms with Crippen molar-refractivity contribution in [3.63, 3.8) is 0 Å². The van der Waals surface area contributed by atoms with Gasteiger partial charge in [-0.25, -0.2) is 9.31 Å². The number of anilines is 1. The average Bonchev–Trinajstić information content (AvgIpc) is 3.20. The molecule has 8 heteroatoms. The van der Waals surface area contributed by atoms with Crippen molar-refractivity contribution in [2.24, 2.45) is 0 Å². The molecule has 0 aliphatic heterocycles. The van der Waals surface area contributed by atoms with E-state index in [0.29, 0.717) is 23.9 Å². The molecule has 0 amide bonds. The van der Waals surface area contributed by atoms with E-state index in [-0.39, 0.29) is 0 Å². The summed E-state index contributed by atoms with van der Waals surface area (Å²) in [5.41, 5.74) is 2.98. The number of aromatic nitrogens is 4. The normalized spacial score (nSPS) is 11.1. The summed E-state index contributed by atoms with van der Waals surface area (Å²) in [5, 5.41) is 9.76. The zero-order valence-electron chi connectivity index (χ0n) is 16.1. The Balaban J connectivity index is 1.98. The fourth-order valence-electron chi connectivity index (χ4n) is 3.06. The summed E-state index contributed by atoms with van der Waals surface area (Å²) >= 11 is 6.32. The molecule has 7 nitrogen and oxygen atoms in total. The van der Waals surface area contributed by atoms with Gasteiger partial charge in [0, 0.05) is 29.9 Å². The van der Waals surface area contributed by atoms with Crippen molar-refractivity contribution in [1.82, 2.24) is 19.4 Å². The highest BCUT2D eigenvalue weighted by Crippen LogP contribution is 2.22. The maximum Gasteiger partial charge on any atom is 0.358 e. The van der Waals surface area contributed by atoms with Gasteiger partial charge in [-0.1, -0.05) is 11.6 Å². The lowest BCUT2D eigenvalue weighted by atomic mass is 10.3. The third-order valence-corrected chi connectivity index (χ3v) is 4.67. The number of pyridine rings is 1. The Labute approximate surface area is 163 Å². The quantitative estimate of drug-likeness (QED) is 0.578. The van der Waals surface area contributed by atoms with Crippen LogP contribution in [0.1, 0.15) is 42.6 Å². The van der Waals surface area contributed by atoms with Gasteiger partial charge < -0.3 is 9.64 Å². The van der Waals surface area contributed by atoms with E-state index in [1.165, 1.54) is 0 Å². The van der Waals surface area contributed by atoms with Crippen molar-refractivity contribution >= 4 is 28.9 Å². The summed E-state index contributed by atoms with van der Waals surface area (Å²) in [6, 6.07) is 7.52. The number of nitrogens with zero attached hydrogens (tertiary/aromatic N) is 5.